The Morgan fingerprint density at radius 1 is 1.12 bits per heavy atom. The van der Waals surface area contributed by atoms with Crippen LogP contribution < -0.4 is 20.1 Å². The summed E-state index contributed by atoms with van der Waals surface area (Å²) < 4.78 is 16.0. The van der Waals surface area contributed by atoms with Gasteiger partial charge in [-0.25, -0.2) is 0 Å². The number of hydrogen-bond donors (Lipinski definition) is 2. The van der Waals surface area contributed by atoms with Crippen LogP contribution in [0.15, 0.2) is 47.1 Å². The van der Waals surface area contributed by atoms with Gasteiger partial charge >= 0.3 is 0 Å². The lowest BCUT2D eigenvalue weighted by Gasteiger charge is -2.18. The van der Waals surface area contributed by atoms with Gasteiger partial charge in [-0.15, -0.1) is 11.8 Å². The highest BCUT2D eigenvalue weighted by atomic mass is 35.5. The Morgan fingerprint density at radius 2 is 1.94 bits per heavy atom. The summed E-state index contributed by atoms with van der Waals surface area (Å²) in [6.07, 6.45) is 0.582. The van der Waals surface area contributed by atoms with Crippen molar-refractivity contribution >= 4 is 40.9 Å². The fourth-order valence-corrected chi connectivity index (χ4v) is 4.24. The van der Waals surface area contributed by atoms with Crippen LogP contribution in [0.3, 0.4) is 0 Å². The minimum atomic E-state index is -0.296. The zero-order valence-electron chi connectivity index (χ0n) is 18.1. The number of nitrogens with one attached hydrogen (secondary N) is 2. The molecular weight excluding hydrogens is 452 g/mol. The summed E-state index contributed by atoms with van der Waals surface area (Å²) in [4.78, 5) is 25.6. The van der Waals surface area contributed by atoms with Gasteiger partial charge in [-0.2, -0.15) is 0 Å². The van der Waals surface area contributed by atoms with Gasteiger partial charge in [0.05, 0.1) is 31.4 Å². The number of anilines is 1. The molecule has 0 atom stereocenters. The number of ether oxygens (including phenoxy) is 3. The van der Waals surface area contributed by atoms with E-state index in [9.17, 15) is 9.59 Å². The van der Waals surface area contributed by atoms with E-state index in [1.165, 1.54) is 11.8 Å². The third-order valence-corrected chi connectivity index (χ3v) is 6.27. The molecule has 0 spiro atoms. The molecule has 7 nitrogen and oxygen atoms in total. The molecule has 1 aliphatic heterocycles. The fraction of sp³-hybridized carbons (Fsp3) is 0.304. The predicted octanol–water partition coefficient (Wildman–Crippen LogP) is 4.26. The molecule has 32 heavy (non-hydrogen) atoms. The number of carbonyl (C=O) groups is 2. The van der Waals surface area contributed by atoms with Gasteiger partial charge in [-0.1, -0.05) is 17.7 Å². The summed E-state index contributed by atoms with van der Waals surface area (Å²) in [5.74, 6) is 2.18. The van der Waals surface area contributed by atoms with Crippen LogP contribution in [-0.2, 0) is 16.0 Å². The summed E-state index contributed by atoms with van der Waals surface area (Å²) in [7, 11) is 3.19. The number of rotatable bonds is 8. The van der Waals surface area contributed by atoms with Crippen LogP contribution >= 0.6 is 23.4 Å². The Balaban J connectivity index is 1.59. The van der Waals surface area contributed by atoms with Crippen molar-refractivity contribution in [1.82, 2.24) is 5.32 Å². The molecule has 2 aromatic rings. The zero-order valence-corrected chi connectivity index (χ0v) is 19.7. The van der Waals surface area contributed by atoms with Crippen molar-refractivity contribution < 1.29 is 23.8 Å². The van der Waals surface area contributed by atoms with Crippen molar-refractivity contribution in [3.05, 3.63) is 63.2 Å². The van der Waals surface area contributed by atoms with Gasteiger partial charge in [-0.3, -0.25) is 9.59 Å². The molecule has 0 unspecified atom stereocenters. The van der Waals surface area contributed by atoms with Crippen LogP contribution in [0.2, 0.25) is 5.02 Å². The number of amides is 2. The minimum absolute atomic E-state index is 0.251. The number of thioether (sulfide) groups is 1. The molecule has 0 saturated carbocycles. The van der Waals surface area contributed by atoms with E-state index in [1.54, 1.807) is 45.4 Å². The molecule has 0 fully saturated rings. The van der Waals surface area contributed by atoms with Gasteiger partial charge < -0.3 is 24.8 Å². The van der Waals surface area contributed by atoms with E-state index >= 15 is 0 Å². The van der Waals surface area contributed by atoms with E-state index in [1.807, 2.05) is 12.1 Å². The molecule has 0 aliphatic carbocycles. The molecule has 0 aromatic heterocycles. The number of carbonyl (C=O) groups excluding carboxylic acids is 2. The molecular formula is C23H25ClN2O5S. The monoisotopic (exact) mass is 476 g/mol. The van der Waals surface area contributed by atoms with Crippen molar-refractivity contribution in [2.75, 3.05) is 38.4 Å². The number of allylic oxidation sites excluding steroid dienone is 1. The molecule has 170 valence electrons. The molecule has 0 bridgehead atoms. The maximum absolute atomic E-state index is 12.6. The van der Waals surface area contributed by atoms with Crippen molar-refractivity contribution in [2.24, 2.45) is 0 Å². The van der Waals surface area contributed by atoms with E-state index in [0.717, 1.165) is 11.3 Å². The first-order valence-electron chi connectivity index (χ1n) is 9.99. The highest BCUT2D eigenvalue weighted by molar-refractivity contribution is 8.04. The van der Waals surface area contributed by atoms with E-state index < -0.39 is 0 Å². The maximum atomic E-state index is 12.6. The van der Waals surface area contributed by atoms with Gasteiger partial charge in [0.2, 0.25) is 0 Å². The second-order valence-electron chi connectivity index (χ2n) is 6.91. The summed E-state index contributed by atoms with van der Waals surface area (Å²) in [6, 6.07) is 10.4. The van der Waals surface area contributed by atoms with Gasteiger partial charge in [0, 0.05) is 24.1 Å². The van der Waals surface area contributed by atoms with E-state index in [4.69, 9.17) is 25.8 Å². The van der Waals surface area contributed by atoms with Crippen molar-refractivity contribution in [3.8, 4) is 11.5 Å². The first-order chi connectivity index (χ1) is 15.4. The molecule has 1 heterocycles. The quantitative estimate of drug-likeness (QED) is 0.592. The van der Waals surface area contributed by atoms with Crippen LogP contribution in [0.5, 0.6) is 11.5 Å². The number of benzene rings is 2. The van der Waals surface area contributed by atoms with Gasteiger partial charge in [-0.05, 0) is 43.2 Å². The molecule has 1 aliphatic rings. The van der Waals surface area contributed by atoms with Crippen LogP contribution in [0.25, 0.3) is 0 Å². The molecule has 9 heteroatoms. The second-order valence-corrected chi connectivity index (χ2v) is 8.43. The number of halogens is 1. The summed E-state index contributed by atoms with van der Waals surface area (Å²) in [6.45, 7) is 2.76. The predicted molar refractivity (Wildman–Crippen MR) is 127 cm³/mol. The smallest absolute Gasteiger partial charge is 0.265 e. The maximum Gasteiger partial charge on any atom is 0.265 e. The lowest BCUT2D eigenvalue weighted by Crippen LogP contribution is -2.26. The van der Waals surface area contributed by atoms with Crippen LogP contribution in [0.1, 0.15) is 22.8 Å². The SMILES string of the molecule is COc1ccc(CCNC(=O)c2ccc(NC(=O)C3=C(C)OCCS3)cc2Cl)c(OC)c1. The standard InChI is InChI=1S/C23H25ClN2O5S/c1-14-21(32-11-10-31-14)23(28)26-16-5-7-18(19(24)12-16)22(27)25-9-8-15-4-6-17(29-2)13-20(15)30-3/h4-7,12-13H,8-11H2,1-3H3,(H,25,27)(H,26,28). The van der Waals surface area contributed by atoms with Gasteiger partial charge in [0.15, 0.2) is 0 Å². The molecule has 2 N–H and O–H groups in total. The van der Waals surface area contributed by atoms with Gasteiger partial charge in [0.1, 0.15) is 22.2 Å². The number of methoxy groups -OCH3 is 2. The second kappa shape index (κ2) is 11.2. The van der Waals surface area contributed by atoms with Crippen molar-refractivity contribution in [3.63, 3.8) is 0 Å². The van der Waals surface area contributed by atoms with E-state index in [2.05, 4.69) is 10.6 Å². The van der Waals surface area contributed by atoms with Crippen molar-refractivity contribution in [1.29, 1.82) is 0 Å². The third kappa shape index (κ3) is 5.89. The lowest BCUT2D eigenvalue weighted by molar-refractivity contribution is -0.112. The van der Waals surface area contributed by atoms with E-state index in [-0.39, 0.29) is 16.8 Å². The van der Waals surface area contributed by atoms with E-state index in [0.29, 0.717) is 53.0 Å². The van der Waals surface area contributed by atoms with Crippen LogP contribution in [0.4, 0.5) is 5.69 Å². The zero-order chi connectivity index (χ0) is 23.1. The highest BCUT2D eigenvalue weighted by Gasteiger charge is 2.19. The minimum Gasteiger partial charge on any atom is -0.497 e. The Bertz CT molecular complexity index is 1040. The normalized spacial score (nSPS) is 13.2. The Labute approximate surface area is 196 Å². The van der Waals surface area contributed by atoms with Gasteiger partial charge in [0.25, 0.3) is 11.8 Å². The largest absolute Gasteiger partial charge is 0.497 e. The first kappa shape index (κ1) is 23.8. The first-order valence-corrected chi connectivity index (χ1v) is 11.4. The molecule has 2 aromatic carbocycles. The van der Waals surface area contributed by atoms with Crippen molar-refractivity contribution in [2.45, 2.75) is 13.3 Å². The van der Waals surface area contributed by atoms with Crippen LogP contribution in [-0.4, -0.2) is 44.9 Å². The molecule has 0 radical (unpaired) electrons. The summed E-state index contributed by atoms with van der Waals surface area (Å²) in [5, 5.41) is 5.91. The highest BCUT2D eigenvalue weighted by Crippen LogP contribution is 2.28. The van der Waals surface area contributed by atoms with Crippen LogP contribution in [0, 0.1) is 0 Å². The molecule has 2 amide bonds. The third-order valence-electron chi connectivity index (χ3n) is 4.82. The fourth-order valence-electron chi connectivity index (χ4n) is 3.16. The average molecular weight is 477 g/mol. The number of hydrogen-bond acceptors (Lipinski definition) is 6. The topological polar surface area (TPSA) is 85.9 Å². The molecule has 0 saturated heterocycles. The average Bonchev–Trinajstić information content (AvgIpc) is 2.79. The molecule has 3 rings (SSSR count). The Kier molecular flexibility index (Phi) is 8.30. The Hall–Kier alpha value is -2.84. The summed E-state index contributed by atoms with van der Waals surface area (Å²) in [5.41, 5.74) is 1.79. The lowest BCUT2D eigenvalue weighted by atomic mass is 10.1. The summed E-state index contributed by atoms with van der Waals surface area (Å²) >= 11 is 7.76. The Morgan fingerprint density at radius 3 is 2.62 bits per heavy atom.